The average molecular weight is 353 g/mol. The minimum absolute atomic E-state index is 0. The van der Waals surface area contributed by atoms with Crippen molar-refractivity contribution in [2.75, 3.05) is 13.2 Å². The number of aliphatic hydroxyl groups is 2. The van der Waals surface area contributed by atoms with Crippen LogP contribution >= 0.6 is 37.2 Å². The van der Waals surface area contributed by atoms with E-state index in [9.17, 15) is 0 Å². The van der Waals surface area contributed by atoms with Gasteiger partial charge in [-0.3, -0.25) is 0 Å². The first kappa shape index (κ1) is 36.2. The summed E-state index contributed by atoms with van der Waals surface area (Å²) in [5.41, 5.74) is 0. The van der Waals surface area contributed by atoms with Crippen LogP contribution in [0.25, 0.3) is 0 Å². The van der Waals surface area contributed by atoms with Crippen LogP contribution in [0.3, 0.4) is 0 Å². The van der Waals surface area contributed by atoms with Gasteiger partial charge in [0.05, 0.1) is 0 Å². The Bertz CT molecular complexity index is 84.9. The van der Waals surface area contributed by atoms with E-state index in [1.54, 1.807) is 0 Å². The molecule has 0 aliphatic rings. The zero-order chi connectivity index (χ0) is 12.0. The first-order chi connectivity index (χ1) is 6.62. The molecule has 0 spiro atoms. The predicted octanol–water partition coefficient (Wildman–Crippen LogP) is 3.19. The number of hydrogen-bond donors (Lipinski definition) is 2. The van der Waals surface area contributed by atoms with Gasteiger partial charge in [0.25, 0.3) is 0 Å². The summed E-state index contributed by atoms with van der Waals surface area (Å²) >= 11 is 1.06. The molecule has 0 fully saturated rings. The van der Waals surface area contributed by atoms with Gasteiger partial charge in [-0.1, -0.05) is 40.5 Å². The van der Waals surface area contributed by atoms with Gasteiger partial charge in [0.1, 0.15) is 0 Å². The molecule has 0 aromatic carbocycles. The van der Waals surface area contributed by atoms with Gasteiger partial charge in [-0.25, -0.2) is 0 Å². The molecule has 0 saturated heterocycles. The van der Waals surface area contributed by atoms with Crippen molar-refractivity contribution < 1.29 is 31.3 Å². The van der Waals surface area contributed by atoms with Crippen molar-refractivity contribution in [3.8, 4) is 0 Å². The van der Waals surface area contributed by atoms with Crippen molar-refractivity contribution in [2.45, 2.75) is 40.5 Å². The third kappa shape index (κ3) is 47.0. The van der Waals surface area contributed by atoms with Crippen molar-refractivity contribution in [3.63, 3.8) is 0 Å². The summed E-state index contributed by atoms with van der Waals surface area (Å²) in [7, 11) is 0. The van der Waals surface area contributed by atoms with E-state index < -0.39 is 0 Å². The molecule has 3 nitrogen and oxygen atoms in total. The monoisotopic (exact) mass is 351 g/mol. The van der Waals surface area contributed by atoms with Gasteiger partial charge in [-0.15, -0.1) is 37.2 Å². The van der Waals surface area contributed by atoms with Crippen LogP contribution in [0.1, 0.15) is 40.5 Å². The summed E-state index contributed by atoms with van der Waals surface area (Å²) in [6.45, 7) is 8.86. The molecule has 0 saturated carbocycles. The first-order valence-corrected chi connectivity index (χ1v) is 5.59. The van der Waals surface area contributed by atoms with Crippen molar-refractivity contribution in [1.82, 2.24) is 0 Å². The van der Waals surface area contributed by atoms with Crippen LogP contribution in [-0.2, 0) is 21.0 Å². The fourth-order valence-corrected chi connectivity index (χ4v) is 0.258. The van der Waals surface area contributed by atoms with Gasteiger partial charge in [-0.05, 0) is 11.8 Å². The molecule has 2 unspecified atom stereocenters. The zero-order valence-corrected chi connectivity index (χ0v) is 14.8. The van der Waals surface area contributed by atoms with Crippen molar-refractivity contribution >= 4 is 37.2 Å². The third-order valence-electron chi connectivity index (χ3n) is 2.02. The zero-order valence-electron chi connectivity index (χ0n) is 11.0. The van der Waals surface area contributed by atoms with Gasteiger partial charge in [-0.2, -0.15) is 0 Å². The standard InChI is InChI=1S/2C5H12O.3ClH.O.V/c2*1-3-5(2)4-6;;;;;/h2*5-6H,3-4H2,1-2H3;3*1H;;. The summed E-state index contributed by atoms with van der Waals surface area (Å²) in [4.78, 5) is 0. The van der Waals surface area contributed by atoms with Crippen LogP contribution in [0, 0.1) is 11.8 Å². The van der Waals surface area contributed by atoms with Crippen molar-refractivity contribution in [1.29, 1.82) is 0 Å². The number of rotatable bonds is 4. The Balaban J connectivity index is -0.0000000268. The molecule has 0 heterocycles. The molecule has 2 N–H and O–H groups in total. The number of hydrogen-bond acceptors (Lipinski definition) is 3. The van der Waals surface area contributed by atoms with E-state index >= 15 is 0 Å². The maximum absolute atomic E-state index is 8.33. The van der Waals surface area contributed by atoms with Gasteiger partial charge < -0.3 is 10.2 Å². The Hall–Kier alpha value is 1.17. The Morgan fingerprint density at radius 3 is 1.00 bits per heavy atom. The molecule has 111 valence electrons. The van der Waals surface area contributed by atoms with E-state index in [-0.39, 0.29) is 37.2 Å². The normalized spacial score (nSPS) is 10.4. The van der Waals surface area contributed by atoms with Crippen molar-refractivity contribution in [3.05, 3.63) is 0 Å². The first-order valence-electron chi connectivity index (χ1n) is 5.02. The summed E-state index contributed by atoms with van der Waals surface area (Å²) in [5, 5.41) is 16.7. The van der Waals surface area contributed by atoms with E-state index in [0.29, 0.717) is 25.0 Å². The fourth-order valence-electron chi connectivity index (χ4n) is 0.258. The van der Waals surface area contributed by atoms with Gasteiger partial charge in [0.2, 0.25) is 0 Å². The van der Waals surface area contributed by atoms with E-state index in [1.165, 1.54) is 0 Å². The Morgan fingerprint density at radius 1 is 0.824 bits per heavy atom. The second kappa shape index (κ2) is 36.0. The van der Waals surface area contributed by atoms with Gasteiger partial charge in [0, 0.05) is 13.2 Å². The molecular formula is C10H27Cl3O3V. The fraction of sp³-hybridized carbons (Fsp3) is 1.00. The summed E-state index contributed by atoms with van der Waals surface area (Å²) < 4.78 is 8.19. The summed E-state index contributed by atoms with van der Waals surface area (Å²) in [6, 6.07) is 0. The molecule has 0 amide bonds. The number of aliphatic hydroxyl groups excluding tert-OH is 2. The van der Waals surface area contributed by atoms with Crippen LogP contribution in [-0.4, -0.2) is 23.4 Å². The SMILES string of the molecule is CCC(C)CO.CCC(C)CO.Cl.Cl.Cl.[O]=[V]. The molecule has 0 aliphatic carbocycles. The molecule has 0 radical (unpaired) electrons. The molecule has 0 aliphatic heterocycles. The third-order valence-corrected chi connectivity index (χ3v) is 2.02. The van der Waals surface area contributed by atoms with E-state index in [1.807, 2.05) is 13.8 Å². The van der Waals surface area contributed by atoms with Gasteiger partial charge in [0.15, 0.2) is 0 Å². The van der Waals surface area contributed by atoms with Crippen LogP contribution < -0.4 is 0 Å². The van der Waals surface area contributed by atoms with E-state index in [4.69, 9.17) is 13.9 Å². The van der Waals surface area contributed by atoms with Crippen molar-refractivity contribution in [2.24, 2.45) is 11.8 Å². The Morgan fingerprint density at radius 2 is 1.00 bits per heavy atom. The Kier molecular flexibility index (Phi) is 76.6. The second-order valence-corrected chi connectivity index (χ2v) is 3.39. The molecule has 0 aromatic rings. The molecule has 2 atom stereocenters. The van der Waals surface area contributed by atoms with E-state index in [0.717, 1.165) is 30.2 Å². The minimum atomic E-state index is 0. The quantitative estimate of drug-likeness (QED) is 0.817. The molecule has 0 bridgehead atoms. The van der Waals surface area contributed by atoms with Crippen LogP contribution in [0.2, 0.25) is 0 Å². The Labute approximate surface area is 134 Å². The maximum atomic E-state index is 8.33. The predicted molar refractivity (Wildman–Crippen MR) is 75.5 cm³/mol. The summed E-state index contributed by atoms with van der Waals surface area (Å²) in [6.07, 6.45) is 2.16. The number of halogens is 3. The van der Waals surface area contributed by atoms with E-state index in [2.05, 4.69) is 13.8 Å². The second-order valence-electron chi connectivity index (χ2n) is 3.39. The molecule has 0 aromatic heterocycles. The van der Waals surface area contributed by atoms with Crippen LogP contribution in [0.15, 0.2) is 0 Å². The topological polar surface area (TPSA) is 57.5 Å². The van der Waals surface area contributed by atoms with Gasteiger partial charge >= 0.3 is 21.0 Å². The average Bonchev–Trinajstić information content (AvgIpc) is 2.30. The molecule has 0 rings (SSSR count). The van der Waals surface area contributed by atoms with Crippen LogP contribution in [0.5, 0.6) is 0 Å². The summed E-state index contributed by atoms with van der Waals surface area (Å²) in [5.74, 6) is 0.981. The van der Waals surface area contributed by atoms with Crippen LogP contribution in [0.4, 0.5) is 0 Å². The molecule has 7 heteroatoms. The molecular weight excluding hydrogens is 325 g/mol. The molecule has 17 heavy (non-hydrogen) atoms.